The first kappa shape index (κ1) is 32.9. The number of carbonyl (C=O) groups is 1. The Hall–Kier alpha value is -4.01. The van der Waals surface area contributed by atoms with Crippen molar-refractivity contribution < 1.29 is 45.7 Å². The number of ether oxygens (including phenoxy) is 5. The fourth-order valence-corrected chi connectivity index (χ4v) is 6.78. The number of halogens is 1. The number of nitrogens with one attached hydrogen (secondary N) is 1. The third-order valence-electron chi connectivity index (χ3n) is 8.01. The first-order chi connectivity index (χ1) is 22.3. The number of carbonyl (C=O) groups excluding carboxylic acids is 1. The summed E-state index contributed by atoms with van der Waals surface area (Å²) in [6.45, 7) is 6.33. The monoisotopic (exact) mass is 668 g/mol. The molecule has 2 aliphatic rings. The van der Waals surface area contributed by atoms with E-state index in [1.54, 1.807) is 36.4 Å². The minimum absolute atomic E-state index is 0.0145. The lowest BCUT2D eigenvalue weighted by Gasteiger charge is -2.25. The number of sulfonamides is 1. The van der Waals surface area contributed by atoms with Gasteiger partial charge in [0, 0.05) is 29.6 Å². The standard InChI is InChI=1S/C34H37FN2O9S/c1-20-27-14-28-30(15-29(27)37(47(5,39)40)16-25(43-20)17-41-18-26-19-42-34(2,3)46-26)45-32(31(28)33(38)36-4)21-6-10-23(11-7-21)44-24-12-8-22(35)9-13-24/h6-15,20,25-26H,16-19H2,1-5H3,(H,36,38)/t20-,25-,26+/m0/s1. The maximum Gasteiger partial charge on any atom is 0.255 e. The lowest BCUT2D eigenvalue weighted by molar-refractivity contribution is -0.147. The molecule has 3 atom stereocenters. The van der Waals surface area contributed by atoms with Gasteiger partial charge in [0.05, 0.1) is 50.0 Å². The van der Waals surface area contributed by atoms with Crippen LogP contribution in [0.15, 0.2) is 65.1 Å². The number of hydrogen-bond donors (Lipinski definition) is 1. The third kappa shape index (κ3) is 7.14. The zero-order valence-corrected chi connectivity index (χ0v) is 27.6. The molecule has 1 aromatic heterocycles. The van der Waals surface area contributed by atoms with Crippen LogP contribution in [0.5, 0.6) is 11.5 Å². The average Bonchev–Trinajstić information content (AvgIpc) is 3.53. The molecule has 0 radical (unpaired) electrons. The summed E-state index contributed by atoms with van der Waals surface area (Å²) in [6.07, 6.45) is -0.226. The van der Waals surface area contributed by atoms with E-state index in [2.05, 4.69) is 5.32 Å². The van der Waals surface area contributed by atoms with E-state index in [0.29, 0.717) is 57.2 Å². The summed E-state index contributed by atoms with van der Waals surface area (Å²) in [5, 5.41) is 3.19. The van der Waals surface area contributed by atoms with E-state index in [4.69, 9.17) is 28.1 Å². The first-order valence-corrected chi connectivity index (χ1v) is 17.0. The lowest BCUT2D eigenvalue weighted by atomic mass is 10.0. The van der Waals surface area contributed by atoms with Crippen molar-refractivity contribution in [1.82, 2.24) is 5.32 Å². The Morgan fingerprint density at radius 3 is 2.32 bits per heavy atom. The van der Waals surface area contributed by atoms with Crippen LogP contribution in [0.25, 0.3) is 22.3 Å². The van der Waals surface area contributed by atoms with E-state index >= 15 is 0 Å². The van der Waals surface area contributed by atoms with Gasteiger partial charge in [0.15, 0.2) is 5.79 Å². The van der Waals surface area contributed by atoms with E-state index < -0.39 is 28.0 Å². The molecule has 6 rings (SSSR count). The number of fused-ring (bicyclic) bond motifs is 2. The molecule has 3 aromatic carbocycles. The number of hydrogen-bond acceptors (Lipinski definition) is 9. The predicted molar refractivity (Wildman–Crippen MR) is 173 cm³/mol. The van der Waals surface area contributed by atoms with E-state index in [1.165, 1.54) is 35.6 Å². The molecule has 250 valence electrons. The van der Waals surface area contributed by atoms with Gasteiger partial charge in [-0.05, 0) is 75.4 Å². The quantitative estimate of drug-likeness (QED) is 0.236. The summed E-state index contributed by atoms with van der Waals surface area (Å²) in [4.78, 5) is 13.3. The number of nitrogens with zero attached hydrogens (tertiary/aromatic N) is 1. The number of furan rings is 1. The minimum Gasteiger partial charge on any atom is -0.457 e. The molecule has 0 aliphatic carbocycles. The fourth-order valence-electron chi connectivity index (χ4n) is 5.83. The molecule has 1 fully saturated rings. The SMILES string of the molecule is CNC(=O)c1c(-c2ccc(Oc3ccc(F)cc3)cc2)oc2cc3c(cc12)[C@H](C)O[C@H](COC[C@@H]1COC(C)(C)O1)CN3S(C)(=O)=O. The molecule has 3 heterocycles. The summed E-state index contributed by atoms with van der Waals surface area (Å²) >= 11 is 0. The van der Waals surface area contributed by atoms with Gasteiger partial charge in [-0.15, -0.1) is 0 Å². The molecular weight excluding hydrogens is 631 g/mol. The molecule has 0 bridgehead atoms. The summed E-state index contributed by atoms with van der Waals surface area (Å²) < 4.78 is 76.6. The van der Waals surface area contributed by atoms with Crippen molar-refractivity contribution in [2.45, 2.75) is 44.9 Å². The van der Waals surface area contributed by atoms with Gasteiger partial charge in [-0.25, -0.2) is 12.8 Å². The van der Waals surface area contributed by atoms with Crippen molar-refractivity contribution >= 4 is 32.6 Å². The van der Waals surface area contributed by atoms with Gasteiger partial charge < -0.3 is 33.4 Å². The highest BCUT2D eigenvalue weighted by Gasteiger charge is 2.35. The maximum atomic E-state index is 13.3. The minimum atomic E-state index is -3.76. The number of rotatable bonds is 9. The van der Waals surface area contributed by atoms with Crippen LogP contribution in [0.2, 0.25) is 0 Å². The highest BCUT2D eigenvalue weighted by molar-refractivity contribution is 7.92. The molecule has 0 spiro atoms. The second-order valence-corrected chi connectivity index (χ2v) is 14.0. The van der Waals surface area contributed by atoms with Gasteiger partial charge in [-0.1, -0.05) is 0 Å². The lowest BCUT2D eigenvalue weighted by Crippen LogP contribution is -2.39. The second kappa shape index (κ2) is 12.9. The molecule has 13 heteroatoms. The van der Waals surface area contributed by atoms with Crippen molar-refractivity contribution in [2.75, 3.05) is 44.0 Å². The van der Waals surface area contributed by atoms with Crippen LogP contribution < -0.4 is 14.4 Å². The summed E-state index contributed by atoms with van der Waals surface area (Å²) in [5.41, 5.74) is 2.21. The smallest absolute Gasteiger partial charge is 0.255 e. The molecular formula is C34H37FN2O9S. The zero-order chi connectivity index (χ0) is 33.5. The first-order valence-electron chi connectivity index (χ1n) is 15.2. The number of anilines is 1. The molecule has 47 heavy (non-hydrogen) atoms. The van der Waals surface area contributed by atoms with Crippen molar-refractivity contribution in [3.63, 3.8) is 0 Å². The van der Waals surface area contributed by atoms with Crippen LogP contribution in [0.1, 0.15) is 42.8 Å². The van der Waals surface area contributed by atoms with Crippen LogP contribution in [0, 0.1) is 5.82 Å². The van der Waals surface area contributed by atoms with Crippen LogP contribution in [-0.4, -0.2) is 72.0 Å². The van der Waals surface area contributed by atoms with Gasteiger partial charge in [-0.3, -0.25) is 9.10 Å². The van der Waals surface area contributed by atoms with Crippen molar-refractivity contribution in [3.05, 3.63) is 77.6 Å². The Morgan fingerprint density at radius 2 is 1.70 bits per heavy atom. The highest BCUT2D eigenvalue weighted by atomic mass is 32.2. The Labute approximate surface area is 272 Å². The molecule has 1 N–H and O–H groups in total. The van der Waals surface area contributed by atoms with Gasteiger partial charge in [0.25, 0.3) is 5.91 Å². The number of amides is 1. The van der Waals surface area contributed by atoms with Crippen LogP contribution in [-0.2, 0) is 29.0 Å². The number of benzene rings is 3. The second-order valence-electron chi connectivity index (χ2n) is 12.1. The van der Waals surface area contributed by atoms with Gasteiger partial charge in [-0.2, -0.15) is 0 Å². The fraction of sp³-hybridized carbons (Fsp3) is 0.382. The zero-order valence-electron chi connectivity index (χ0n) is 26.7. The van der Waals surface area contributed by atoms with E-state index in [0.717, 1.165) is 6.26 Å². The van der Waals surface area contributed by atoms with Gasteiger partial charge >= 0.3 is 0 Å². The third-order valence-corrected chi connectivity index (χ3v) is 9.15. The van der Waals surface area contributed by atoms with Crippen LogP contribution in [0.3, 0.4) is 0 Å². The summed E-state index contributed by atoms with van der Waals surface area (Å²) in [5.74, 6) is -0.136. The summed E-state index contributed by atoms with van der Waals surface area (Å²) in [7, 11) is -2.23. The Morgan fingerprint density at radius 1 is 1.04 bits per heavy atom. The molecule has 0 unspecified atom stereocenters. The Balaban J connectivity index is 1.31. The van der Waals surface area contributed by atoms with Crippen molar-refractivity contribution in [3.8, 4) is 22.8 Å². The van der Waals surface area contributed by atoms with E-state index in [-0.39, 0.29) is 37.6 Å². The van der Waals surface area contributed by atoms with E-state index in [1.807, 2.05) is 20.8 Å². The topological polar surface area (TPSA) is 126 Å². The predicted octanol–water partition coefficient (Wildman–Crippen LogP) is 5.78. The molecule has 0 saturated carbocycles. The van der Waals surface area contributed by atoms with E-state index in [9.17, 15) is 17.6 Å². The Bertz CT molecular complexity index is 1870. The van der Waals surface area contributed by atoms with Crippen molar-refractivity contribution in [1.29, 1.82) is 0 Å². The van der Waals surface area contributed by atoms with Crippen LogP contribution >= 0.6 is 0 Å². The average molecular weight is 669 g/mol. The van der Waals surface area contributed by atoms with Crippen molar-refractivity contribution in [2.24, 2.45) is 0 Å². The molecule has 4 aromatic rings. The normalized spacial score (nSPS) is 21.0. The molecule has 2 aliphatic heterocycles. The Kier molecular flexibility index (Phi) is 9.02. The molecule has 1 amide bonds. The maximum absolute atomic E-state index is 13.3. The van der Waals surface area contributed by atoms with Gasteiger partial charge in [0.1, 0.15) is 40.9 Å². The highest BCUT2D eigenvalue weighted by Crippen LogP contribution is 2.42. The largest absolute Gasteiger partial charge is 0.457 e. The molecule has 11 nitrogen and oxygen atoms in total. The van der Waals surface area contributed by atoms with Gasteiger partial charge in [0.2, 0.25) is 10.0 Å². The van der Waals surface area contributed by atoms with Crippen LogP contribution in [0.4, 0.5) is 10.1 Å². The summed E-state index contributed by atoms with van der Waals surface area (Å²) in [6, 6.07) is 16.0. The molecule has 1 saturated heterocycles.